The molecular formula is C11H24N2O. The number of hydrogen-bond acceptors (Lipinski definition) is 3. The summed E-state index contributed by atoms with van der Waals surface area (Å²) < 4.78 is 5.40. The maximum absolute atomic E-state index is 5.40. The molecule has 0 rings (SSSR count). The molecule has 0 saturated heterocycles. The lowest BCUT2D eigenvalue weighted by molar-refractivity contribution is 0.139. The monoisotopic (exact) mass is 200 g/mol. The zero-order chi connectivity index (χ0) is 10.8. The van der Waals surface area contributed by atoms with Crippen molar-refractivity contribution in [3.05, 3.63) is 12.3 Å². The summed E-state index contributed by atoms with van der Waals surface area (Å²) in [5.41, 5.74) is 1.08. The normalized spacial score (nSPS) is 10.6. The van der Waals surface area contributed by atoms with Crippen LogP contribution in [0.1, 0.15) is 20.8 Å². The Labute approximate surface area is 87.9 Å². The van der Waals surface area contributed by atoms with Gasteiger partial charge in [-0.3, -0.25) is 0 Å². The van der Waals surface area contributed by atoms with E-state index in [0.29, 0.717) is 5.92 Å². The fourth-order valence-electron chi connectivity index (χ4n) is 0.911. The number of ether oxygens (including phenoxy) is 1. The van der Waals surface area contributed by atoms with Crippen LogP contribution in [0.4, 0.5) is 0 Å². The Kier molecular flexibility index (Phi) is 8.68. The molecule has 0 atom stereocenters. The number of rotatable bonds is 9. The van der Waals surface area contributed by atoms with E-state index in [1.54, 1.807) is 0 Å². The quantitative estimate of drug-likeness (QED) is 0.552. The molecule has 0 aromatic heterocycles. The largest absolute Gasteiger partial charge is 0.386 e. The van der Waals surface area contributed by atoms with Gasteiger partial charge in [-0.2, -0.15) is 0 Å². The Morgan fingerprint density at radius 2 is 1.93 bits per heavy atom. The van der Waals surface area contributed by atoms with Gasteiger partial charge in [0.2, 0.25) is 0 Å². The summed E-state index contributed by atoms with van der Waals surface area (Å²) in [7, 11) is 0. The molecule has 0 aromatic carbocycles. The Morgan fingerprint density at radius 3 is 2.50 bits per heavy atom. The van der Waals surface area contributed by atoms with Gasteiger partial charge in [-0.15, -0.1) is 0 Å². The van der Waals surface area contributed by atoms with Gasteiger partial charge in [0.15, 0.2) is 0 Å². The first-order valence-corrected chi connectivity index (χ1v) is 5.39. The summed E-state index contributed by atoms with van der Waals surface area (Å²) in [6.07, 6.45) is 0. The lowest BCUT2D eigenvalue weighted by Crippen LogP contribution is -2.24. The van der Waals surface area contributed by atoms with Crippen LogP contribution in [0, 0.1) is 5.92 Å². The topological polar surface area (TPSA) is 33.3 Å². The van der Waals surface area contributed by atoms with Crippen molar-refractivity contribution >= 4 is 0 Å². The Hall–Kier alpha value is -0.540. The Balaban J connectivity index is 3.10. The summed E-state index contributed by atoms with van der Waals surface area (Å²) in [6.45, 7) is 14.6. The van der Waals surface area contributed by atoms with Crippen molar-refractivity contribution in [1.82, 2.24) is 10.6 Å². The molecule has 0 saturated carbocycles. The van der Waals surface area contributed by atoms with Crippen LogP contribution in [0.2, 0.25) is 0 Å². The zero-order valence-electron chi connectivity index (χ0n) is 9.73. The highest BCUT2D eigenvalue weighted by Crippen LogP contribution is 2.00. The molecule has 0 unspecified atom stereocenters. The second-order valence-corrected chi connectivity index (χ2v) is 3.57. The van der Waals surface area contributed by atoms with Gasteiger partial charge in [-0.1, -0.05) is 27.4 Å². The van der Waals surface area contributed by atoms with Crippen LogP contribution in [-0.2, 0) is 4.74 Å². The first-order valence-electron chi connectivity index (χ1n) is 5.39. The average molecular weight is 200 g/mol. The van der Waals surface area contributed by atoms with E-state index in [1.165, 1.54) is 0 Å². The van der Waals surface area contributed by atoms with Crippen molar-refractivity contribution < 1.29 is 4.74 Å². The molecule has 0 radical (unpaired) electrons. The van der Waals surface area contributed by atoms with Gasteiger partial charge in [-0.05, 0) is 12.5 Å². The van der Waals surface area contributed by atoms with E-state index in [1.807, 2.05) is 0 Å². The van der Waals surface area contributed by atoms with Crippen molar-refractivity contribution in [1.29, 1.82) is 0 Å². The molecule has 2 N–H and O–H groups in total. The van der Waals surface area contributed by atoms with Gasteiger partial charge < -0.3 is 15.4 Å². The molecule has 14 heavy (non-hydrogen) atoms. The molecule has 3 nitrogen and oxygen atoms in total. The van der Waals surface area contributed by atoms with E-state index < -0.39 is 0 Å². The second-order valence-electron chi connectivity index (χ2n) is 3.57. The molecule has 0 aliphatic heterocycles. The summed E-state index contributed by atoms with van der Waals surface area (Å²) in [5, 5.41) is 6.44. The highest BCUT2D eigenvalue weighted by molar-refractivity contribution is 4.93. The smallest absolute Gasteiger partial charge is 0.0639 e. The highest BCUT2D eigenvalue weighted by atomic mass is 16.5. The predicted molar refractivity (Wildman–Crippen MR) is 61.3 cm³/mol. The fourth-order valence-corrected chi connectivity index (χ4v) is 0.911. The van der Waals surface area contributed by atoms with Crippen molar-refractivity contribution in [3.63, 3.8) is 0 Å². The number of nitrogens with one attached hydrogen (secondary N) is 2. The summed E-state index contributed by atoms with van der Waals surface area (Å²) in [6, 6.07) is 0. The first-order chi connectivity index (χ1) is 6.68. The number of likely N-dealkylation sites (N-methyl/N-ethyl adjacent to an activating group) is 1. The molecule has 0 aliphatic carbocycles. The SMILES string of the molecule is C=C(NCCOCCNCC)C(C)C. The second kappa shape index (κ2) is 9.03. The maximum atomic E-state index is 5.40. The lowest BCUT2D eigenvalue weighted by atomic mass is 10.1. The van der Waals surface area contributed by atoms with Crippen LogP contribution in [0.25, 0.3) is 0 Å². The van der Waals surface area contributed by atoms with Crippen molar-refractivity contribution in [2.45, 2.75) is 20.8 Å². The van der Waals surface area contributed by atoms with E-state index in [0.717, 1.165) is 38.5 Å². The highest BCUT2D eigenvalue weighted by Gasteiger charge is 1.97. The third-order valence-corrected chi connectivity index (χ3v) is 1.97. The van der Waals surface area contributed by atoms with Crippen LogP contribution in [0.15, 0.2) is 12.3 Å². The van der Waals surface area contributed by atoms with E-state index >= 15 is 0 Å². The standard InChI is InChI=1S/C11H24N2O/c1-5-12-6-8-14-9-7-13-11(4)10(2)3/h10,12-13H,4-9H2,1-3H3. The minimum atomic E-state index is 0.497. The van der Waals surface area contributed by atoms with Gasteiger partial charge in [0, 0.05) is 18.8 Å². The first kappa shape index (κ1) is 13.5. The van der Waals surface area contributed by atoms with Crippen LogP contribution in [0.3, 0.4) is 0 Å². The van der Waals surface area contributed by atoms with Crippen LogP contribution in [-0.4, -0.2) is 32.8 Å². The lowest BCUT2D eigenvalue weighted by Gasteiger charge is -2.12. The third-order valence-electron chi connectivity index (χ3n) is 1.97. The molecule has 84 valence electrons. The van der Waals surface area contributed by atoms with Gasteiger partial charge in [0.1, 0.15) is 0 Å². The fraction of sp³-hybridized carbons (Fsp3) is 0.818. The van der Waals surface area contributed by atoms with Crippen LogP contribution < -0.4 is 10.6 Å². The van der Waals surface area contributed by atoms with Gasteiger partial charge in [-0.25, -0.2) is 0 Å². The summed E-state index contributed by atoms with van der Waals surface area (Å²) in [4.78, 5) is 0. The van der Waals surface area contributed by atoms with Crippen LogP contribution in [0.5, 0.6) is 0 Å². The molecule has 0 fully saturated rings. The summed E-state index contributed by atoms with van der Waals surface area (Å²) >= 11 is 0. The maximum Gasteiger partial charge on any atom is 0.0639 e. The Morgan fingerprint density at radius 1 is 1.29 bits per heavy atom. The van der Waals surface area contributed by atoms with Gasteiger partial charge >= 0.3 is 0 Å². The van der Waals surface area contributed by atoms with E-state index in [9.17, 15) is 0 Å². The molecule has 0 aromatic rings. The molecule has 0 amide bonds. The minimum Gasteiger partial charge on any atom is -0.386 e. The molecule has 3 heteroatoms. The molecule has 0 spiro atoms. The predicted octanol–water partition coefficient (Wildman–Crippen LogP) is 1.37. The zero-order valence-corrected chi connectivity index (χ0v) is 9.73. The third kappa shape index (κ3) is 8.08. The van der Waals surface area contributed by atoms with Crippen molar-refractivity contribution in [2.75, 3.05) is 32.8 Å². The summed E-state index contributed by atoms with van der Waals surface area (Å²) in [5.74, 6) is 0.497. The molecule has 0 aliphatic rings. The average Bonchev–Trinajstić information content (AvgIpc) is 2.16. The molecule has 0 heterocycles. The van der Waals surface area contributed by atoms with Crippen molar-refractivity contribution in [2.24, 2.45) is 5.92 Å². The van der Waals surface area contributed by atoms with E-state index in [4.69, 9.17) is 4.74 Å². The van der Waals surface area contributed by atoms with Gasteiger partial charge in [0.25, 0.3) is 0 Å². The van der Waals surface area contributed by atoms with Gasteiger partial charge in [0.05, 0.1) is 13.2 Å². The number of allylic oxidation sites excluding steroid dienone is 1. The molecular weight excluding hydrogens is 176 g/mol. The van der Waals surface area contributed by atoms with Crippen molar-refractivity contribution in [3.8, 4) is 0 Å². The molecule has 0 bridgehead atoms. The Bertz CT molecular complexity index is 146. The minimum absolute atomic E-state index is 0.497. The van der Waals surface area contributed by atoms with E-state index in [-0.39, 0.29) is 0 Å². The number of hydrogen-bond donors (Lipinski definition) is 2. The van der Waals surface area contributed by atoms with E-state index in [2.05, 4.69) is 38.0 Å². The van der Waals surface area contributed by atoms with Crippen LogP contribution >= 0.6 is 0 Å².